The molecule has 0 radical (unpaired) electrons. The van der Waals surface area contributed by atoms with Crippen LogP contribution in [-0.2, 0) is 0 Å². The van der Waals surface area contributed by atoms with Crippen LogP contribution in [0.15, 0.2) is 28.7 Å². The lowest BCUT2D eigenvalue weighted by atomic mass is 10.1. The van der Waals surface area contributed by atoms with E-state index >= 15 is 0 Å². The molecule has 0 spiro atoms. The van der Waals surface area contributed by atoms with Gasteiger partial charge in [-0.3, -0.25) is 5.10 Å². The average Bonchev–Trinajstić information content (AvgIpc) is 2.56. The number of rotatable bonds is 1. The first-order valence-corrected chi connectivity index (χ1v) is 5.80. The van der Waals surface area contributed by atoms with Gasteiger partial charge in [-0.25, -0.2) is 0 Å². The summed E-state index contributed by atoms with van der Waals surface area (Å²) in [5, 5.41) is 6.79. The smallest absolute Gasteiger partial charge is 0.145 e. The molecule has 0 atom stereocenters. The van der Waals surface area contributed by atoms with E-state index < -0.39 is 0 Å². The van der Waals surface area contributed by atoms with Crippen LogP contribution in [0.3, 0.4) is 0 Å². The van der Waals surface area contributed by atoms with E-state index in [2.05, 4.69) is 48.7 Å². The second-order valence-electron chi connectivity index (χ2n) is 2.83. The van der Waals surface area contributed by atoms with Crippen LogP contribution in [-0.4, -0.2) is 10.2 Å². The van der Waals surface area contributed by atoms with Gasteiger partial charge in [-0.2, -0.15) is 5.10 Å². The Labute approximate surface area is 116 Å². The molecule has 0 saturated heterocycles. The second-order valence-corrected chi connectivity index (χ2v) is 4.91. The van der Waals surface area contributed by atoms with Crippen LogP contribution in [0, 0.1) is 3.57 Å². The predicted molar refractivity (Wildman–Crippen MR) is 76.1 cm³/mol. The highest BCUT2D eigenvalue weighted by atomic mass is 127. The van der Waals surface area contributed by atoms with Gasteiger partial charge in [0, 0.05) is 19.7 Å². The average molecular weight is 400 g/mol. The van der Waals surface area contributed by atoms with E-state index in [9.17, 15) is 0 Å². The van der Waals surface area contributed by atoms with Gasteiger partial charge in [0.1, 0.15) is 5.82 Å². The fraction of sp³-hybridized carbons (Fsp3) is 0. The summed E-state index contributed by atoms with van der Waals surface area (Å²) in [5.41, 5.74) is 7.59. The molecule has 0 aliphatic rings. The number of halogens is 3. The highest BCUT2D eigenvalue weighted by Gasteiger charge is 2.06. The number of aromatic nitrogens is 2. The fourth-order valence-corrected chi connectivity index (χ4v) is 2.17. The standard InChI is InChI=1S/C9H7BrIN3.ClH/c10-5-1-2-7(11)6(3-5)8-4-9(12)14-13-8;/h1-4H,(H3,12,13,14);1H. The zero-order valence-electron chi connectivity index (χ0n) is 7.50. The van der Waals surface area contributed by atoms with Gasteiger partial charge in [0.2, 0.25) is 0 Å². The second kappa shape index (κ2) is 5.18. The van der Waals surface area contributed by atoms with Crippen LogP contribution >= 0.6 is 50.9 Å². The summed E-state index contributed by atoms with van der Waals surface area (Å²) in [4.78, 5) is 0. The lowest BCUT2D eigenvalue weighted by Crippen LogP contribution is -1.83. The molecule has 2 aromatic rings. The number of hydrogen-bond donors (Lipinski definition) is 2. The first kappa shape index (κ1) is 12.8. The molecule has 0 fully saturated rings. The molecular formula is C9H8BrClIN3. The van der Waals surface area contributed by atoms with Crippen molar-refractivity contribution in [3.8, 4) is 11.3 Å². The SMILES string of the molecule is Cl.Nc1cc(-c2cc(Br)ccc2I)[nH]n1. The molecule has 1 heterocycles. The maximum Gasteiger partial charge on any atom is 0.145 e. The van der Waals surface area contributed by atoms with Crippen LogP contribution in [0.5, 0.6) is 0 Å². The van der Waals surface area contributed by atoms with Crippen LogP contribution in [0.1, 0.15) is 0 Å². The van der Waals surface area contributed by atoms with Crippen molar-refractivity contribution in [1.29, 1.82) is 0 Å². The Morgan fingerprint density at radius 3 is 2.67 bits per heavy atom. The third-order valence-electron chi connectivity index (χ3n) is 1.82. The van der Waals surface area contributed by atoms with Crippen LogP contribution in [0.25, 0.3) is 11.3 Å². The fourth-order valence-electron chi connectivity index (χ4n) is 1.18. The molecule has 3 nitrogen and oxygen atoms in total. The lowest BCUT2D eigenvalue weighted by Gasteiger charge is -2.01. The van der Waals surface area contributed by atoms with Crippen molar-refractivity contribution in [2.24, 2.45) is 0 Å². The van der Waals surface area contributed by atoms with Gasteiger partial charge in [-0.1, -0.05) is 15.9 Å². The normalized spacial score (nSPS) is 9.73. The van der Waals surface area contributed by atoms with E-state index in [4.69, 9.17) is 5.73 Å². The number of nitrogens with one attached hydrogen (secondary N) is 1. The molecule has 0 amide bonds. The van der Waals surface area contributed by atoms with Crippen molar-refractivity contribution in [2.75, 3.05) is 5.73 Å². The zero-order valence-corrected chi connectivity index (χ0v) is 12.1. The number of aromatic amines is 1. The number of nitrogens with zero attached hydrogens (tertiary/aromatic N) is 1. The van der Waals surface area contributed by atoms with Gasteiger partial charge in [-0.05, 0) is 40.8 Å². The van der Waals surface area contributed by atoms with Gasteiger partial charge >= 0.3 is 0 Å². The third-order valence-corrected chi connectivity index (χ3v) is 3.25. The first-order valence-electron chi connectivity index (χ1n) is 3.93. The molecule has 1 aromatic carbocycles. The number of nitrogen functional groups attached to an aromatic ring is 1. The van der Waals surface area contributed by atoms with E-state index in [1.54, 1.807) is 0 Å². The molecule has 1 aromatic heterocycles. The summed E-state index contributed by atoms with van der Waals surface area (Å²) in [6.45, 7) is 0. The largest absolute Gasteiger partial charge is 0.382 e. The molecule has 0 unspecified atom stereocenters. The summed E-state index contributed by atoms with van der Waals surface area (Å²) in [6.07, 6.45) is 0. The molecule has 15 heavy (non-hydrogen) atoms. The topological polar surface area (TPSA) is 54.7 Å². The number of hydrogen-bond acceptors (Lipinski definition) is 2. The molecule has 0 aliphatic carbocycles. The number of H-pyrrole nitrogens is 1. The molecule has 2 rings (SSSR count). The Morgan fingerprint density at radius 1 is 1.33 bits per heavy atom. The quantitative estimate of drug-likeness (QED) is 0.721. The van der Waals surface area contributed by atoms with Crippen molar-refractivity contribution in [3.63, 3.8) is 0 Å². The van der Waals surface area contributed by atoms with Crippen LogP contribution < -0.4 is 5.73 Å². The van der Waals surface area contributed by atoms with E-state index in [1.807, 2.05) is 24.3 Å². The van der Waals surface area contributed by atoms with E-state index in [0.717, 1.165) is 19.3 Å². The Hall–Kier alpha value is -0.270. The van der Waals surface area contributed by atoms with Crippen molar-refractivity contribution in [3.05, 3.63) is 32.3 Å². The number of anilines is 1. The Morgan fingerprint density at radius 2 is 2.07 bits per heavy atom. The minimum atomic E-state index is 0. The minimum Gasteiger partial charge on any atom is -0.382 e. The lowest BCUT2D eigenvalue weighted by molar-refractivity contribution is 1.10. The predicted octanol–water partition coefficient (Wildman–Crippen LogP) is 3.45. The third kappa shape index (κ3) is 2.85. The van der Waals surface area contributed by atoms with E-state index in [1.165, 1.54) is 0 Å². The van der Waals surface area contributed by atoms with E-state index in [0.29, 0.717) is 5.82 Å². The van der Waals surface area contributed by atoms with Crippen molar-refractivity contribution in [1.82, 2.24) is 10.2 Å². The van der Waals surface area contributed by atoms with Gasteiger partial charge in [-0.15, -0.1) is 12.4 Å². The minimum absolute atomic E-state index is 0. The molecule has 0 aliphatic heterocycles. The van der Waals surface area contributed by atoms with Gasteiger partial charge in [0.15, 0.2) is 0 Å². The van der Waals surface area contributed by atoms with Gasteiger partial charge in [0.05, 0.1) is 5.69 Å². The zero-order chi connectivity index (χ0) is 10.1. The first-order chi connectivity index (χ1) is 6.66. The maximum absolute atomic E-state index is 5.55. The molecule has 6 heteroatoms. The molecule has 80 valence electrons. The van der Waals surface area contributed by atoms with E-state index in [-0.39, 0.29) is 12.4 Å². The van der Waals surface area contributed by atoms with Crippen molar-refractivity contribution in [2.45, 2.75) is 0 Å². The number of benzene rings is 1. The number of nitrogens with two attached hydrogens (primary N) is 1. The summed E-state index contributed by atoms with van der Waals surface area (Å²) >= 11 is 5.71. The van der Waals surface area contributed by atoms with Crippen LogP contribution in [0.4, 0.5) is 5.82 Å². The summed E-state index contributed by atoms with van der Waals surface area (Å²) in [6, 6.07) is 7.90. The Balaban J connectivity index is 0.00000112. The monoisotopic (exact) mass is 399 g/mol. The molecule has 3 N–H and O–H groups in total. The van der Waals surface area contributed by atoms with Crippen molar-refractivity contribution >= 4 is 56.7 Å². The Kier molecular flexibility index (Phi) is 4.42. The Bertz CT molecular complexity index is 472. The van der Waals surface area contributed by atoms with Gasteiger partial charge < -0.3 is 5.73 Å². The molecule has 0 bridgehead atoms. The van der Waals surface area contributed by atoms with Gasteiger partial charge in [0.25, 0.3) is 0 Å². The van der Waals surface area contributed by atoms with Crippen LogP contribution in [0.2, 0.25) is 0 Å². The summed E-state index contributed by atoms with van der Waals surface area (Å²) in [5.74, 6) is 0.510. The highest BCUT2D eigenvalue weighted by molar-refractivity contribution is 14.1. The molecule has 0 saturated carbocycles. The maximum atomic E-state index is 5.55. The van der Waals surface area contributed by atoms with Crippen molar-refractivity contribution < 1.29 is 0 Å². The summed E-state index contributed by atoms with van der Waals surface area (Å²) < 4.78 is 2.20. The molecular weight excluding hydrogens is 392 g/mol. The highest BCUT2D eigenvalue weighted by Crippen LogP contribution is 2.27. The summed E-state index contributed by atoms with van der Waals surface area (Å²) in [7, 11) is 0.